The fourth-order valence-corrected chi connectivity index (χ4v) is 3.63. The molecule has 1 N–H and O–H groups in total. The Morgan fingerprint density at radius 2 is 1.90 bits per heavy atom. The maximum absolute atomic E-state index is 5.39. The van der Waals surface area contributed by atoms with Crippen LogP contribution in [0.4, 0.5) is 0 Å². The van der Waals surface area contributed by atoms with Crippen LogP contribution in [0.25, 0.3) is 0 Å². The first-order chi connectivity index (χ1) is 9.69. The lowest BCUT2D eigenvalue weighted by atomic mass is 10.0. The number of nitrogens with one attached hydrogen (secondary N) is 1. The Morgan fingerprint density at radius 3 is 2.45 bits per heavy atom. The molecule has 108 valence electrons. The molecule has 0 saturated heterocycles. The van der Waals surface area contributed by atoms with E-state index >= 15 is 0 Å². The first kappa shape index (κ1) is 15.4. The number of rotatable bonds is 6. The smallest absolute Gasteiger partial charge is 0.161 e. The Hall–Kier alpha value is -1.04. The van der Waals surface area contributed by atoms with Crippen LogP contribution in [0, 0.1) is 0 Å². The van der Waals surface area contributed by atoms with Gasteiger partial charge in [-0.15, -0.1) is 11.3 Å². The molecule has 0 aliphatic rings. The number of ether oxygens (including phenoxy) is 2. The number of thiophene rings is 1. The summed E-state index contributed by atoms with van der Waals surface area (Å²) in [5.41, 5.74) is 1.17. The largest absolute Gasteiger partial charge is 0.493 e. The van der Waals surface area contributed by atoms with Crippen molar-refractivity contribution < 1.29 is 9.47 Å². The van der Waals surface area contributed by atoms with Crippen molar-refractivity contribution in [2.45, 2.75) is 13.0 Å². The predicted molar refractivity (Wildman–Crippen MR) is 87.1 cm³/mol. The van der Waals surface area contributed by atoms with Gasteiger partial charge in [0.1, 0.15) is 0 Å². The summed E-state index contributed by atoms with van der Waals surface area (Å²) in [5, 5.41) is 3.51. The SMILES string of the molecule is CCNC(c1ccc(OC)c(OC)c1)c1ccc(Br)s1. The van der Waals surface area contributed by atoms with Gasteiger partial charge in [0.05, 0.1) is 24.0 Å². The molecule has 0 fully saturated rings. The third-order valence-corrected chi connectivity index (χ3v) is 4.72. The van der Waals surface area contributed by atoms with E-state index in [0.29, 0.717) is 0 Å². The van der Waals surface area contributed by atoms with Crippen molar-refractivity contribution in [2.75, 3.05) is 20.8 Å². The highest BCUT2D eigenvalue weighted by atomic mass is 79.9. The molecule has 3 nitrogen and oxygen atoms in total. The summed E-state index contributed by atoms with van der Waals surface area (Å²) in [6.45, 7) is 3.00. The van der Waals surface area contributed by atoms with E-state index in [1.807, 2.05) is 12.1 Å². The van der Waals surface area contributed by atoms with Gasteiger partial charge in [-0.2, -0.15) is 0 Å². The zero-order valence-electron chi connectivity index (χ0n) is 11.8. The standard InChI is InChI=1S/C15H18BrNO2S/c1-4-17-15(13-7-8-14(16)20-13)10-5-6-11(18-2)12(9-10)19-3/h5-9,15,17H,4H2,1-3H3. The number of hydrogen-bond donors (Lipinski definition) is 1. The van der Waals surface area contributed by atoms with Gasteiger partial charge < -0.3 is 14.8 Å². The van der Waals surface area contributed by atoms with Crippen LogP contribution in [-0.4, -0.2) is 20.8 Å². The third kappa shape index (κ3) is 3.34. The number of methoxy groups -OCH3 is 2. The van der Waals surface area contributed by atoms with E-state index in [-0.39, 0.29) is 6.04 Å². The summed E-state index contributed by atoms with van der Waals surface area (Å²) < 4.78 is 11.8. The highest BCUT2D eigenvalue weighted by Gasteiger charge is 2.17. The summed E-state index contributed by atoms with van der Waals surface area (Å²) >= 11 is 5.26. The normalized spacial score (nSPS) is 12.2. The lowest BCUT2D eigenvalue weighted by Gasteiger charge is -2.18. The molecule has 0 radical (unpaired) electrons. The van der Waals surface area contributed by atoms with Crippen molar-refractivity contribution in [3.05, 3.63) is 44.6 Å². The Labute approximate surface area is 132 Å². The van der Waals surface area contributed by atoms with Gasteiger partial charge in [0, 0.05) is 4.88 Å². The molecule has 0 amide bonds. The van der Waals surface area contributed by atoms with Gasteiger partial charge >= 0.3 is 0 Å². The molecule has 0 spiro atoms. The third-order valence-electron chi connectivity index (χ3n) is 3.03. The molecule has 1 aromatic carbocycles. The molecule has 1 aromatic heterocycles. The highest BCUT2D eigenvalue weighted by molar-refractivity contribution is 9.11. The highest BCUT2D eigenvalue weighted by Crippen LogP contribution is 2.35. The average molecular weight is 356 g/mol. The van der Waals surface area contributed by atoms with Gasteiger partial charge in [-0.05, 0) is 52.3 Å². The molecule has 0 aliphatic carbocycles. The van der Waals surface area contributed by atoms with Crippen LogP contribution >= 0.6 is 27.3 Å². The van der Waals surface area contributed by atoms with Crippen LogP contribution in [0.15, 0.2) is 34.1 Å². The topological polar surface area (TPSA) is 30.5 Å². The minimum absolute atomic E-state index is 0.163. The van der Waals surface area contributed by atoms with Crippen molar-refractivity contribution in [1.82, 2.24) is 5.32 Å². The van der Waals surface area contributed by atoms with Crippen LogP contribution in [-0.2, 0) is 0 Å². The van der Waals surface area contributed by atoms with E-state index in [0.717, 1.165) is 21.8 Å². The maximum Gasteiger partial charge on any atom is 0.161 e. The Balaban J connectivity index is 2.39. The van der Waals surface area contributed by atoms with Gasteiger partial charge in [0.15, 0.2) is 11.5 Å². The molecule has 2 aromatic rings. The number of benzene rings is 1. The van der Waals surface area contributed by atoms with Crippen molar-refractivity contribution in [2.24, 2.45) is 0 Å². The van der Waals surface area contributed by atoms with E-state index in [2.05, 4.69) is 46.4 Å². The van der Waals surface area contributed by atoms with Crippen LogP contribution in [0.3, 0.4) is 0 Å². The summed E-state index contributed by atoms with van der Waals surface area (Å²) in [7, 11) is 3.31. The first-order valence-electron chi connectivity index (χ1n) is 6.40. The van der Waals surface area contributed by atoms with Gasteiger partial charge in [-0.3, -0.25) is 0 Å². The predicted octanol–water partition coefficient (Wildman–Crippen LogP) is 4.23. The first-order valence-corrected chi connectivity index (χ1v) is 8.01. The second-order valence-corrected chi connectivity index (χ2v) is 6.74. The fraction of sp³-hybridized carbons (Fsp3) is 0.333. The van der Waals surface area contributed by atoms with Crippen LogP contribution in [0.1, 0.15) is 23.4 Å². The van der Waals surface area contributed by atoms with Crippen LogP contribution in [0.5, 0.6) is 11.5 Å². The van der Waals surface area contributed by atoms with Crippen molar-refractivity contribution in [3.8, 4) is 11.5 Å². The van der Waals surface area contributed by atoms with Crippen molar-refractivity contribution in [1.29, 1.82) is 0 Å². The van der Waals surface area contributed by atoms with Gasteiger partial charge in [-0.1, -0.05) is 13.0 Å². The van der Waals surface area contributed by atoms with Crippen molar-refractivity contribution >= 4 is 27.3 Å². The second-order valence-electron chi connectivity index (χ2n) is 4.25. The molecular weight excluding hydrogens is 338 g/mol. The Morgan fingerprint density at radius 1 is 1.15 bits per heavy atom. The lowest BCUT2D eigenvalue weighted by molar-refractivity contribution is 0.354. The molecule has 5 heteroatoms. The zero-order valence-corrected chi connectivity index (χ0v) is 14.2. The maximum atomic E-state index is 5.39. The summed E-state index contributed by atoms with van der Waals surface area (Å²) in [5.74, 6) is 1.50. The van der Waals surface area contributed by atoms with E-state index in [1.165, 1.54) is 10.4 Å². The molecule has 1 heterocycles. The second kappa shape index (κ2) is 7.11. The number of halogens is 1. The zero-order chi connectivity index (χ0) is 14.5. The Bertz CT molecular complexity index is 571. The quantitative estimate of drug-likeness (QED) is 0.840. The molecule has 0 aliphatic heterocycles. The Kier molecular flexibility index (Phi) is 5.46. The lowest BCUT2D eigenvalue weighted by Crippen LogP contribution is -2.21. The molecular formula is C15H18BrNO2S. The summed E-state index contributed by atoms with van der Waals surface area (Å²) in [6.07, 6.45) is 0. The molecule has 1 atom stereocenters. The van der Waals surface area contributed by atoms with E-state index in [4.69, 9.17) is 9.47 Å². The minimum Gasteiger partial charge on any atom is -0.493 e. The van der Waals surface area contributed by atoms with Gasteiger partial charge in [0.25, 0.3) is 0 Å². The summed E-state index contributed by atoms with van der Waals surface area (Å²) in [4.78, 5) is 1.27. The molecule has 2 rings (SSSR count). The van der Waals surface area contributed by atoms with Crippen molar-refractivity contribution in [3.63, 3.8) is 0 Å². The van der Waals surface area contributed by atoms with E-state index in [1.54, 1.807) is 25.6 Å². The van der Waals surface area contributed by atoms with Crippen LogP contribution in [0.2, 0.25) is 0 Å². The molecule has 0 bridgehead atoms. The minimum atomic E-state index is 0.163. The van der Waals surface area contributed by atoms with Gasteiger partial charge in [-0.25, -0.2) is 0 Å². The molecule has 20 heavy (non-hydrogen) atoms. The fourth-order valence-electron chi connectivity index (χ4n) is 2.10. The summed E-state index contributed by atoms with van der Waals surface area (Å²) in [6, 6.07) is 10.4. The van der Waals surface area contributed by atoms with Gasteiger partial charge in [0.2, 0.25) is 0 Å². The monoisotopic (exact) mass is 355 g/mol. The van der Waals surface area contributed by atoms with E-state index < -0.39 is 0 Å². The van der Waals surface area contributed by atoms with E-state index in [9.17, 15) is 0 Å². The van der Waals surface area contributed by atoms with Crippen LogP contribution < -0.4 is 14.8 Å². The number of hydrogen-bond acceptors (Lipinski definition) is 4. The molecule has 1 unspecified atom stereocenters. The molecule has 0 saturated carbocycles. The average Bonchev–Trinajstić information content (AvgIpc) is 2.90.